The zero-order valence-corrected chi connectivity index (χ0v) is 12.8. The van der Waals surface area contributed by atoms with Gasteiger partial charge >= 0.3 is 0 Å². The van der Waals surface area contributed by atoms with Crippen LogP contribution in [0.1, 0.15) is 40.0 Å². The summed E-state index contributed by atoms with van der Waals surface area (Å²) in [5.74, 6) is 1.80. The maximum absolute atomic E-state index is 6.38. The Kier molecular flexibility index (Phi) is 7.56. The fourth-order valence-corrected chi connectivity index (χ4v) is 2.31. The molecule has 1 heterocycles. The Morgan fingerprint density at radius 1 is 1.26 bits per heavy atom. The number of anilines is 1. The van der Waals surface area contributed by atoms with Crippen LogP contribution in [-0.2, 0) is 0 Å². The molecule has 0 amide bonds. The first-order valence-corrected chi connectivity index (χ1v) is 7.47. The lowest BCUT2D eigenvalue weighted by molar-refractivity contribution is 0.304. The molecular weight excluding hydrogens is 262 g/mol. The van der Waals surface area contributed by atoms with E-state index in [1.165, 1.54) is 0 Å². The zero-order valence-electron chi connectivity index (χ0n) is 12.0. The highest BCUT2D eigenvalue weighted by atomic mass is 35.5. The molecule has 1 aromatic rings. The smallest absolute Gasteiger partial charge is 0.234 e. The molecule has 4 nitrogen and oxygen atoms in total. The number of aromatic nitrogens is 2. The number of halogens is 1. The Hall–Kier alpha value is -1.03. The quantitative estimate of drug-likeness (QED) is 0.703. The SMILES string of the molecule is CCCOc1cncc(NCC(Cl)C(CC)CC)n1. The van der Waals surface area contributed by atoms with E-state index in [-0.39, 0.29) is 5.38 Å². The van der Waals surface area contributed by atoms with Crippen LogP contribution in [0, 0.1) is 5.92 Å². The van der Waals surface area contributed by atoms with Crippen molar-refractivity contribution < 1.29 is 4.74 Å². The maximum atomic E-state index is 6.38. The third-order valence-corrected chi connectivity index (χ3v) is 3.62. The molecule has 0 saturated carbocycles. The molecule has 1 unspecified atom stereocenters. The van der Waals surface area contributed by atoms with Crippen molar-refractivity contribution >= 4 is 17.4 Å². The van der Waals surface area contributed by atoms with Gasteiger partial charge in [0.1, 0.15) is 5.82 Å². The zero-order chi connectivity index (χ0) is 14.1. The molecular formula is C14H24ClN3O. The first-order chi connectivity index (χ1) is 9.21. The summed E-state index contributed by atoms with van der Waals surface area (Å²) in [6.07, 6.45) is 6.46. The molecule has 1 N–H and O–H groups in total. The van der Waals surface area contributed by atoms with Crippen molar-refractivity contribution in [2.24, 2.45) is 5.92 Å². The van der Waals surface area contributed by atoms with E-state index in [0.717, 1.165) is 19.3 Å². The van der Waals surface area contributed by atoms with E-state index < -0.39 is 0 Å². The predicted octanol–water partition coefficient (Wildman–Crippen LogP) is 3.72. The van der Waals surface area contributed by atoms with Crippen molar-refractivity contribution in [1.29, 1.82) is 0 Å². The molecule has 0 spiro atoms. The second-order valence-corrected chi connectivity index (χ2v) is 5.13. The number of alkyl halides is 1. The van der Waals surface area contributed by atoms with Crippen molar-refractivity contribution in [3.05, 3.63) is 12.4 Å². The number of nitrogens with one attached hydrogen (secondary N) is 1. The maximum Gasteiger partial charge on any atom is 0.234 e. The first kappa shape index (κ1) is 16.0. The van der Waals surface area contributed by atoms with Crippen LogP contribution in [0.3, 0.4) is 0 Å². The van der Waals surface area contributed by atoms with Gasteiger partial charge in [0, 0.05) is 6.54 Å². The minimum absolute atomic E-state index is 0.108. The highest BCUT2D eigenvalue weighted by Gasteiger charge is 2.15. The molecule has 0 aliphatic carbocycles. The monoisotopic (exact) mass is 285 g/mol. The number of hydrogen-bond acceptors (Lipinski definition) is 4. The molecule has 1 atom stereocenters. The van der Waals surface area contributed by atoms with E-state index in [9.17, 15) is 0 Å². The van der Waals surface area contributed by atoms with Gasteiger partial charge < -0.3 is 10.1 Å². The van der Waals surface area contributed by atoms with Gasteiger partial charge in [-0.15, -0.1) is 11.6 Å². The van der Waals surface area contributed by atoms with Gasteiger partial charge in [0.15, 0.2) is 0 Å². The van der Waals surface area contributed by atoms with Crippen LogP contribution >= 0.6 is 11.6 Å². The first-order valence-electron chi connectivity index (χ1n) is 7.03. The number of hydrogen-bond donors (Lipinski definition) is 1. The van der Waals surface area contributed by atoms with Crippen molar-refractivity contribution in [3.63, 3.8) is 0 Å². The summed E-state index contributed by atoms with van der Waals surface area (Å²) in [5.41, 5.74) is 0. The summed E-state index contributed by atoms with van der Waals surface area (Å²) in [6, 6.07) is 0. The van der Waals surface area contributed by atoms with Crippen LogP contribution in [0.15, 0.2) is 12.4 Å². The second-order valence-electron chi connectivity index (χ2n) is 4.56. The molecule has 0 saturated heterocycles. The van der Waals surface area contributed by atoms with E-state index in [2.05, 4.69) is 36.1 Å². The van der Waals surface area contributed by atoms with Gasteiger partial charge in [-0.1, -0.05) is 33.6 Å². The average molecular weight is 286 g/mol. The van der Waals surface area contributed by atoms with Crippen molar-refractivity contribution in [1.82, 2.24) is 9.97 Å². The normalized spacial score (nSPS) is 12.5. The molecule has 0 aliphatic heterocycles. The molecule has 5 heteroatoms. The average Bonchev–Trinajstić information content (AvgIpc) is 2.44. The largest absolute Gasteiger partial charge is 0.477 e. The van der Waals surface area contributed by atoms with Gasteiger partial charge in [-0.05, 0) is 12.3 Å². The topological polar surface area (TPSA) is 47.0 Å². The van der Waals surface area contributed by atoms with Gasteiger partial charge in [0.25, 0.3) is 0 Å². The molecule has 1 rings (SSSR count). The number of rotatable bonds is 9. The summed E-state index contributed by atoms with van der Waals surface area (Å²) in [7, 11) is 0. The Bertz CT molecular complexity index is 358. The van der Waals surface area contributed by atoms with Gasteiger partial charge in [0.05, 0.1) is 24.4 Å². The summed E-state index contributed by atoms with van der Waals surface area (Å²) in [4.78, 5) is 8.45. The third-order valence-electron chi connectivity index (χ3n) is 3.10. The molecule has 108 valence electrons. The minimum atomic E-state index is 0.108. The Morgan fingerprint density at radius 2 is 2.00 bits per heavy atom. The summed E-state index contributed by atoms with van der Waals surface area (Å²) in [5, 5.41) is 3.33. The lowest BCUT2D eigenvalue weighted by atomic mass is 9.99. The van der Waals surface area contributed by atoms with E-state index in [0.29, 0.717) is 30.8 Å². The molecule has 0 radical (unpaired) electrons. The fourth-order valence-electron chi connectivity index (χ4n) is 1.88. The van der Waals surface area contributed by atoms with Gasteiger partial charge in [-0.25, -0.2) is 0 Å². The highest BCUT2D eigenvalue weighted by molar-refractivity contribution is 6.21. The van der Waals surface area contributed by atoms with E-state index >= 15 is 0 Å². The summed E-state index contributed by atoms with van der Waals surface area (Å²) < 4.78 is 5.45. The second kappa shape index (κ2) is 8.97. The van der Waals surface area contributed by atoms with Crippen molar-refractivity contribution in [2.45, 2.75) is 45.4 Å². The lowest BCUT2D eigenvalue weighted by Crippen LogP contribution is -2.23. The fraction of sp³-hybridized carbons (Fsp3) is 0.714. The molecule has 0 fully saturated rings. The van der Waals surface area contributed by atoms with E-state index in [1.807, 2.05) is 0 Å². The standard InChI is InChI=1S/C14H24ClN3O/c1-4-7-19-14-10-16-9-13(18-14)17-8-12(15)11(5-2)6-3/h9-12H,4-8H2,1-3H3,(H,17,18). The van der Waals surface area contributed by atoms with Crippen LogP contribution in [0.2, 0.25) is 0 Å². The minimum Gasteiger partial charge on any atom is -0.477 e. The molecule has 0 bridgehead atoms. The molecule has 0 aromatic carbocycles. The molecule has 19 heavy (non-hydrogen) atoms. The summed E-state index contributed by atoms with van der Waals surface area (Å²) >= 11 is 6.38. The third kappa shape index (κ3) is 5.64. The lowest BCUT2D eigenvalue weighted by Gasteiger charge is -2.19. The van der Waals surface area contributed by atoms with Gasteiger partial charge in [-0.3, -0.25) is 4.98 Å². The molecule has 1 aromatic heterocycles. The van der Waals surface area contributed by atoms with Crippen LogP contribution in [-0.4, -0.2) is 28.5 Å². The van der Waals surface area contributed by atoms with E-state index in [1.54, 1.807) is 12.4 Å². The van der Waals surface area contributed by atoms with Gasteiger partial charge in [-0.2, -0.15) is 4.98 Å². The Balaban J connectivity index is 2.48. The molecule has 0 aliphatic rings. The van der Waals surface area contributed by atoms with Crippen LogP contribution in [0.4, 0.5) is 5.82 Å². The number of nitrogens with zero attached hydrogens (tertiary/aromatic N) is 2. The Morgan fingerprint density at radius 3 is 2.63 bits per heavy atom. The van der Waals surface area contributed by atoms with Crippen LogP contribution < -0.4 is 10.1 Å². The van der Waals surface area contributed by atoms with Crippen LogP contribution in [0.5, 0.6) is 5.88 Å². The highest BCUT2D eigenvalue weighted by Crippen LogP contribution is 2.19. The Labute approximate surface area is 120 Å². The summed E-state index contributed by atoms with van der Waals surface area (Å²) in [6.45, 7) is 7.75. The number of ether oxygens (including phenoxy) is 1. The van der Waals surface area contributed by atoms with Crippen molar-refractivity contribution in [2.75, 3.05) is 18.5 Å². The van der Waals surface area contributed by atoms with Crippen molar-refractivity contribution in [3.8, 4) is 5.88 Å². The van der Waals surface area contributed by atoms with Gasteiger partial charge in [0.2, 0.25) is 5.88 Å². The van der Waals surface area contributed by atoms with E-state index in [4.69, 9.17) is 16.3 Å². The predicted molar refractivity (Wildman–Crippen MR) is 80.0 cm³/mol. The van der Waals surface area contributed by atoms with Crippen LogP contribution in [0.25, 0.3) is 0 Å².